The molecule has 1 aromatic rings. The predicted octanol–water partition coefficient (Wildman–Crippen LogP) is 2.02. The Morgan fingerprint density at radius 2 is 2.00 bits per heavy atom. The van der Waals surface area contributed by atoms with Crippen LogP contribution in [0.1, 0.15) is 25.0 Å². The first kappa shape index (κ1) is 11.5. The summed E-state index contributed by atoms with van der Waals surface area (Å²) < 4.78 is 0. The average molecular weight is 180 g/mol. The first-order valence-electron chi connectivity index (χ1n) is 4.27. The Morgan fingerprint density at radius 3 is 2.46 bits per heavy atom. The number of nitrogens with zero attached hydrogens (tertiary/aromatic N) is 1. The summed E-state index contributed by atoms with van der Waals surface area (Å²) in [5.74, 6) is 5.13. The molecule has 0 amide bonds. The molecule has 1 rings (SSSR count). The number of aryl methyl sites for hydroxylation is 1. The zero-order valence-corrected chi connectivity index (χ0v) is 8.28. The summed E-state index contributed by atoms with van der Waals surface area (Å²) >= 11 is 0. The molecular formula is C10H16N2O. The second kappa shape index (κ2) is 6.06. The molecule has 0 aliphatic rings. The second-order valence-corrected chi connectivity index (χ2v) is 2.34. The quantitative estimate of drug-likeness (QED) is 0.394. The molecule has 3 nitrogen and oxygen atoms in total. The van der Waals surface area contributed by atoms with E-state index in [9.17, 15) is 5.11 Å². The van der Waals surface area contributed by atoms with Gasteiger partial charge in [0, 0.05) is 5.56 Å². The summed E-state index contributed by atoms with van der Waals surface area (Å²) in [5.41, 5.74) is 1.65. The van der Waals surface area contributed by atoms with Crippen LogP contribution in [0, 0.1) is 6.92 Å². The monoisotopic (exact) mass is 180 g/mol. The van der Waals surface area contributed by atoms with Gasteiger partial charge in [0.05, 0.1) is 6.21 Å². The minimum atomic E-state index is 0.208. The SMILES string of the molecule is CC.Cc1ccc(/C=N/N)c(O)c1. The summed E-state index contributed by atoms with van der Waals surface area (Å²) in [4.78, 5) is 0. The van der Waals surface area contributed by atoms with Gasteiger partial charge in [-0.25, -0.2) is 0 Å². The number of hydrogen-bond donors (Lipinski definition) is 2. The Hall–Kier alpha value is -1.51. The molecule has 1 aromatic carbocycles. The lowest BCUT2D eigenvalue weighted by Gasteiger charge is -1.98. The molecule has 0 aromatic heterocycles. The van der Waals surface area contributed by atoms with Crippen LogP contribution in [0.25, 0.3) is 0 Å². The van der Waals surface area contributed by atoms with Crippen molar-refractivity contribution in [3.05, 3.63) is 29.3 Å². The predicted molar refractivity (Wildman–Crippen MR) is 56.0 cm³/mol. The highest BCUT2D eigenvalue weighted by atomic mass is 16.3. The number of nitrogens with two attached hydrogens (primary N) is 1. The molecule has 0 fully saturated rings. The summed E-state index contributed by atoms with van der Waals surface area (Å²) in [6.45, 7) is 5.91. The van der Waals surface area contributed by atoms with E-state index in [2.05, 4.69) is 5.10 Å². The van der Waals surface area contributed by atoms with Gasteiger partial charge in [0.15, 0.2) is 0 Å². The maximum Gasteiger partial charge on any atom is 0.124 e. The highest BCUT2D eigenvalue weighted by Gasteiger charge is 1.96. The normalized spacial score (nSPS) is 9.46. The third-order valence-electron chi connectivity index (χ3n) is 1.40. The van der Waals surface area contributed by atoms with E-state index in [4.69, 9.17) is 5.84 Å². The molecule has 0 radical (unpaired) electrons. The number of benzene rings is 1. The molecule has 0 spiro atoms. The van der Waals surface area contributed by atoms with Crippen molar-refractivity contribution >= 4 is 6.21 Å². The number of aromatic hydroxyl groups is 1. The summed E-state index contributed by atoms with van der Waals surface area (Å²) in [6, 6.07) is 5.31. The molecule has 13 heavy (non-hydrogen) atoms. The van der Waals surface area contributed by atoms with E-state index in [1.54, 1.807) is 12.1 Å². The summed E-state index contributed by atoms with van der Waals surface area (Å²) in [6.07, 6.45) is 1.41. The Kier molecular flexibility index (Phi) is 5.35. The summed E-state index contributed by atoms with van der Waals surface area (Å²) in [7, 11) is 0. The van der Waals surface area contributed by atoms with Gasteiger partial charge in [0.2, 0.25) is 0 Å². The third kappa shape index (κ3) is 3.60. The van der Waals surface area contributed by atoms with Gasteiger partial charge in [-0.3, -0.25) is 0 Å². The molecule has 0 aliphatic carbocycles. The molecule has 0 heterocycles. The largest absolute Gasteiger partial charge is 0.507 e. The van der Waals surface area contributed by atoms with Crippen molar-refractivity contribution in [1.29, 1.82) is 0 Å². The van der Waals surface area contributed by atoms with Crippen molar-refractivity contribution < 1.29 is 5.11 Å². The van der Waals surface area contributed by atoms with Crippen LogP contribution in [-0.2, 0) is 0 Å². The van der Waals surface area contributed by atoms with Crippen LogP contribution in [-0.4, -0.2) is 11.3 Å². The lowest BCUT2D eigenvalue weighted by Crippen LogP contribution is -1.87. The van der Waals surface area contributed by atoms with Gasteiger partial charge in [-0.15, -0.1) is 0 Å². The van der Waals surface area contributed by atoms with E-state index in [1.165, 1.54) is 6.21 Å². The van der Waals surface area contributed by atoms with Gasteiger partial charge in [-0.05, 0) is 24.6 Å². The smallest absolute Gasteiger partial charge is 0.124 e. The maximum absolute atomic E-state index is 9.28. The standard InChI is InChI=1S/C8H10N2O.C2H6/c1-6-2-3-7(5-10-9)8(11)4-6;1-2/h2-5,11H,9H2,1H3;1-2H3/b10-5+;. The highest BCUT2D eigenvalue weighted by Crippen LogP contribution is 2.15. The number of rotatable bonds is 1. The number of phenolic OH excluding ortho intramolecular Hbond substituents is 1. The Morgan fingerprint density at radius 1 is 1.38 bits per heavy atom. The molecule has 3 N–H and O–H groups in total. The molecule has 0 aliphatic heterocycles. The maximum atomic E-state index is 9.28. The van der Waals surface area contributed by atoms with Gasteiger partial charge in [0.25, 0.3) is 0 Å². The van der Waals surface area contributed by atoms with Crippen molar-refractivity contribution in [1.82, 2.24) is 0 Å². The molecule has 72 valence electrons. The minimum Gasteiger partial charge on any atom is -0.507 e. The average Bonchev–Trinajstić information content (AvgIpc) is 2.14. The van der Waals surface area contributed by atoms with E-state index in [1.807, 2.05) is 26.8 Å². The van der Waals surface area contributed by atoms with Crippen molar-refractivity contribution in [2.75, 3.05) is 0 Å². The lowest BCUT2D eigenvalue weighted by molar-refractivity contribution is 0.474. The Balaban J connectivity index is 0.000000671. The topological polar surface area (TPSA) is 58.6 Å². The molecule has 0 saturated carbocycles. The first-order chi connectivity index (χ1) is 6.24. The molecular weight excluding hydrogens is 164 g/mol. The Labute approximate surface area is 78.9 Å². The van der Waals surface area contributed by atoms with Crippen LogP contribution in [0.3, 0.4) is 0 Å². The van der Waals surface area contributed by atoms with Crippen molar-refractivity contribution in [3.8, 4) is 5.75 Å². The fraction of sp³-hybridized carbons (Fsp3) is 0.300. The van der Waals surface area contributed by atoms with Crippen LogP contribution < -0.4 is 5.84 Å². The van der Waals surface area contributed by atoms with Gasteiger partial charge in [0.1, 0.15) is 5.75 Å². The second-order valence-electron chi connectivity index (χ2n) is 2.34. The first-order valence-corrected chi connectivity index (χ1v) is 4.27. The third-order valence-corrected chi connectivity index (χ3v) is 1.40. The molecule has 0 unspecified atom stereocenters. The van der Waals surface area contributed by atoms with Crippen LogP contribution in [0.5, 0.6) is 5.75 Å². The molecule has 0 saturated heterocycles. The van der Waals surface area contributed by atoms with Gasteiger partial charge in [-0.1, -0.05) is 19.9 Å². The van der Waals surface area contributed by atoms with Crippen LogP contribution in [0.2, 0.25) is 0 Å². The van der Waals surface area contributed by atoms with E-state index in [0.717, 1.165) is 5.56 Å². The summed E-state index contributed by atoms with van der Waals surface area (Å²) in [5, 5.41) is 12.6. The van der Waals surface area contributed by atoms with Crippen molar-refractivity contribution in [2.45, 2.75) is 20.8 Å². The molecule has 0 atom stereocenters. The van der Waals surface area contributed by atoms with Crippen molar-refractivity contribution in [2.24, 2.45) is 10.9 Å². The van der Waals surface area contributed by atoms with Gasteiger partial charge >= 0.3 is 0 Å². The highest BCUT2D eigenvalue weighted by molar-refractivity contribution is 5.83. The van der Waals surface area contributed by atoms with Crippen LogP contribution in [0.15, 0.2) is 23.3 Å². The van der Waals surface area contributed by atoms with Crippen molar-refractivity contribution in [3.63, 3.8) is 0 Å². The molecule has 3 heteroatoms. The van der Waals surface area contributed by atoms with Gasteiger partial charge in [-0.2, -0.15) is 5.10 Å². The zero-order chi connectivity index (χ0) is 10.3. The van der Waals surface area contributed by atoms with E-state index in [-0.39, 0.29) is 5.75 Å². The zero-order valence-electron chi connectivity index (χ0n) is 8.28. The number of phenols is 1. The lowest BCUT2D eigenvalue weighted by atomic mass is 10.1. The van der Waals surface area contributed by atoms with E-state index < -0.39 is 0 Å². The van der Waals surface area contributed by atoms with E-state index >= 15 is 0 Å². The fourth-order valence-corrected chi connectivity index (χ4v) is 0.843. The van der Waals surface area contributed by atoms with Crippen LogP contribution in [0.4, 0.5) is 0 Å². The number of hydrazone groups is 1. The molecule has 0 bridgehead atoms. The van der Waals surface area contributed by atoms with Gasteiger partial charge < -0.3 is 10.9 Å². The Bertz CT molecular complexity index is 282. The number of hydrogen-bond acceptors (Lipinski definition) is 3. The van der Waals surface area contributed by atoms with E-state index in [0.29, 0.717) is 5.56 Å². The minimum absolute atomic E-state index is 0.208. The van der Waals surface area contributed by atoms with Crippen LogP contribution >= 0.6 is 0 Å². The fourth-order valence-electron chi connectivity index (χ4n) is 0.843.